The summed E-state index contributed by atoms with van der Waals surface area (Å²) in [6, 6.07) is 17.3. The maximum absolute atomic E-state index is 12.2. The molecular weight excluding hydrogens is 423 g/mol. The fraction of sp³-hybridized carbons (Fsp3) is 0.273. The van der Waals surface area contributed by atoms with Gasteiger partial charge in [0, 0.05) is 19.2 Å². The third-order valence-electron chi connectivity index (χ3n) is 4.32. The molecular formula is C22H28Cl2N4O2. The summed E-state index contributed by atoms with van der Waals surface area (Å²) in [4.78, 5) is 16.5. The summed E-state index contributed by atoms with van der Waals surface area (Å²) in [7, 11) is 0. The second kappa shape index (κ2) is 12.9. The highest BCUT2D eigenvalue weighted by Crippen LogP contribution is 2.11. The third kappa shape index (κ3) is 8.06. The molecule has 2 aromatic carbocycles. The van der Waals surface area contributed by atoms with Gasteiger partial charge in [0.05, 0.1) is 24.6 Å². The van der Waals surface area contributed by atoms with Crippen LogP contribution in [0.2, 0.25) is 0 Å². The Hall–Kier alpha value is -2.54. The molecule has 0 fully saturated rings. The Labute approximate surface area is 189 Å². The Morgan fingerprint density at radius 1 is 1.17 bits per heavy atom. The van der Waals surface area contributed by atoms with Crippen molar-refractivity contribution in [3.63, 3.8) is 0 Å². The van der Waals surface area contributed by atoms with Crippen molar-refractivity contribution in [1.82, 2.24) is 14.9 Å². The van der Waals surface area contributed by atoms with Gasteiger partial charge in [0.1, 0.15) is 12.4 Å². The molecule has 0 aliphatic rings. The number of nitrogens with one attached hydrogen (secondary N) is 1. The van der Waals surface area contributed by atoms with Crippen LogP contribution in [0, 0.1) is 6.92 Å². The first-order chi connectivity index (χ1) is 13.6. The lowest BCUT2D eigenvalue weighted by molar-refractivity contribution is -0.122. The van der Waals surface area contributed by atoms with E-state index in [0.29, 0.717) is 19.6 Å². The van der Waals surface area contributed by atoms with Crippen LogP contribution in [0.4, 0.5) is 0 Å². The lowest BCUT2D eigenvalue weighted by atomic mass is 10.1. The highest BCUT2D eigenvalue weighted by atomic mass is 35.5. The number of carbonyl (C=O) groups is 1. The highest BCUT2D eigenvalue weighted by molar-refractivity contribution is 5.85. The summed E-state index contributed by atoms with van der Waals surface area (Å²) >= 11 is 0. The van der Waals surface area contributed by atoms with Crippen LogP contribution < -0.4 is 15.8 Å². The lowest BCUT2D eigenvalue weighted by Crippen LogP contribution is -2.43. The molecule has 0 saturated carbocycles. The molecule has 1 aromatic heterocycles. The van der Waals surface area contributed by atoms with Gasteiger partial charge in [-0.15, -0.1) is 24.8 Å². The molecule has 1 atom stereocenters. The van der Waals surface area contributed by atoms with Gasteiger partial charge in [-0.05, 0) is 30.2 Å². The van der Waals surface area contributed by atoms with Crippen molar-refractivity contribution in [2.75, 3.05) is 13.2 Å². The predicted octanol–water partition coefficient (Wildman–Crippen LogP) is 3.15. The average molecular weight is 451 g/mol. The molecule has 3 rings (SSSR count). The normalized spacial score (nSPS) is 11.0. The number of nitrogens with zero attached hydrogens (tertiary/aromatic N) is 2. The van der Waals surface area contributed by atoms with E-state index in [4.69, 9.17) is 10.5 Å². The first-order valence-electron chi connectivity index (χ1n) is 9.37. The van der Waals surface area contributed by atoms with Gasteiger partial charge in [-0.1, -0.05) is 42.5 Å². The number of amides is 1. The van der Waals surface area contributed by atoms with Gasteiger partial charge >= 0.3 is 0 Å². The van der Waals surface area contributed by atoms with Gasteiger partial charge in [-0.2, -0.15) is 0 Å². The van der Waals surface area contributed by atoms with Gasteiger partial charge in [0.2, 0.25) is 5.91 Å². The minimum Gasteiger partial charge on any atom is -0.492 e. The van der Waals surface area contributed by atoms with Gasteiger partial charge in [-0.3, -0.25) is 4.79 Å². The van der Waals surface area contributed by atoms with E-state index >= 15 is 0 Å². The van der Waals surface area contributed by atoms with E-state index in [2.05, 4.69) is 22.4 Å². The van der Waals surface area contributed by atoms with Crippen LogP contribution in [0.25, 0.3) is 0 Å². The molecule has 162 valence electrons. The number of carbonyl (C=O) groups excluding carboxylic acids is 1. The number of nitrogens with two attached hydrogens (primary N) is 1. The SMILES string of the molecule is Cc1cccc(OCCNC(=O)[C@@H](N)Cc2cn(Cc3ccccc3)cn2)c1.Cl.Cl. The lowest BCUT2D eigenvalue weighted by Gasteiger charge is -2.12. The van der Waals surface area contributed by atoms with Crippen LogP contribution in [-0.4, -0.2) is 34.7 Å². The number of imidazole rings is 1. The number of benzene rings is 2. The van der Waals surface area contributed by atoms with Crippen LogP contribution in [0.3, 0.4) is 0 Å². The number of hydrogen-bond acceptors (Lipinski definition) is 4. The standard InChI is InChI=1S/C22H26N4O2.2ClH/c1-17-6-5-9-20(12-17)28-11-10-24-22(27)21(23)13-19-15-26(16-25-19)14-18-7-3-2-4-8-18;;/h2-9,12,15-16,21H,10-11,13-14,23H2,1H3,(H,24,27);2*1H/t21-;;/m0../s1. The van der Waals surface area contributed by atoms with Gasteiger partial charge in [0.25, 0.3) is 0 Å². The van der Waals surface area contributed by atoms with E-state index in [1.165, 1.54) is 5.56 Å². The third-order valence-corrected chi connectivity index (χ3v) is 4.32. The Bertz CT molecular complexity index is 903. The monoisotopic (exact) mass is 450 g/mol. The Balaban J connectivity index is 0.00000225. The summed E-state index contributed by atoms with van der Waals surface area (Å²) in [5, 5.41) is 2.81. The molecule has 0 bridgehead atoms. The van der Waals surface area contributed by atoms with Crippen molar-refractivity contribution in [1.29, 1.82) is 0 Å². The molecule has 1 heterocycles. The van der Waals surface area contributed by atoms with E-state index in [-0.39, 0.29) is 30.7 Å². The molecule has 1 amide bonds. The Kier molecular flexibility index (Phi) is 11.0. The summed E-state index contributed by atoms with van der Waals surface area (Å²) in [6.07, 6.45) is 4.09. The molecule has 3 aromatic rings. The van der Waals surface area contributed by atoms with Crippen LogP contribution in [-0.2, 0) is 17.8 Å². The second-order valence-electron chi connectivity index (χ2n) is 6.79. The first-order valence-corrected chi connectivity index (χ1v) is 9.37. The number of aryl methyl sites for hydroxylation is 1. The Morgan fingerprint density at radius 2 is 1.93 bits per heavy atom. The van der Waals surface area contributed by atoms with Crippen LogP contribution in [0.1, 0.15) is 16.8 Å². The average Bonchev–Trinajstić information content (AvgIpc) is 3.12. The molecule has 0 unspecified atom stereocenters. The molecule has 30 heavy (non-hydrogen) atoms. The molecule has 0 radical (unpaired) electrons. The maximum Gasteiger partial charge on any atom is 0.237 e. The summed E-state index contributed by atoms with van der Waals surface area (Å²) in [5.74, 6) is 0.591. The van der Waals surface area contributed by atoms with Gasteiger partial charge in [0.15, 0.2) is 0 Å². The number of aromatic nitrogens is 2. The van der Waals surface area contributed by atoms with Crippen molar-refractivity contribution >= 4 is 30.7 Å². The molecule has 0 saturated heterocycles. The van der Waals surface area contributed by atoms with Crippen LogP contribution in [0.5, 0.6) is 5.75 Å². The van der Waals surface area contributed by atoms with Crippen molar-refractivity contribution in [3.05, 3.63) is 83.9 Å². The van der Waals surface area contributed by atoms with Gasteiger partial charge < -0.3 is 20.4 Å². The summed E-state index contributed by atoms with van der Waals surface area (Å²) in [6.45, 7) is 3.55. The van der Waals surface area contributed by atoms with Crippen molar-refractivity contribution in [2.24, 2.45) is 5.73 Å². The molecule has 0 aliphatic carbocycles. The molecule has 6 nitrogen and oxygen atoms in total. The van der Waals surface area contributed by atoms with Crippen LogP contribution >= 0.6 is 24.8 Å². The zero-order valence-corrected chi connectivity index (χ0v) is 18.5. The number of hydrogen-bond donors (Lipinski definition) is 2. The number of halogens is 2. The zero-order valence-electron chi connectivity index (χ0n) is 16.9. The van der Waals surface area contributed by atoms with E-state index < -0.39 is 6.04 Å². The maximum atomic E-state index is 12.2. The smallest absolute Gasteiger partial charge is 0.237 e. The minimum atomic E-state index is -0.640. The van der Waals surface area contributed by atoms with Crippen LogP contribution in [0.15, 0.2) is 67.1 Å². The van der Waals surface area contributed by atoms with Crippen molar-refractivity contribution in [2.45, 2.75) is 25.9 Å². The fourth-order valence-corrected chi connectivity index (χ4v) is 2.89. The fourth-order valence-electron chi connectivity index (χ4n) is 2.89. The zero-order chi connectivity index (χ0) is 19.8. The number of rotatable bonds is 9. The van der Waals surface area contributed by atoms with Gasteiger partial charge in [-0.25, -0.2) is 4.98 Å². The second-order valence-corrected chi connectivity index (χ2v) is 6.79. The van der Waals surface area contributed by atoms with E-state index in [1.807, 2.05) is 60.2 Å². The summed E-state index contributed by atoms with van der Waals surface area (Å²) < 4.78 is 7.62. The van der Waals surface area contributed by atoms with E-state index in [0.717, 1.165) is 23.6 Å². The van der Waals surface area contributed by atoms with E-state index in [9.17, 15) is 4.79 Å². The van der Waals surface area contributed by atoms with E-state index in [1.54, 1.807) is 6.33 Å². The molecule has 0 spiro atoms. The predicted molar refractivity (Wildman–Crippen MR) is 124 cm³/mol. The summed E-state index contributed by atoms with van der Waals surface area (Å²) in [5.41, 5.74) is 9.15. The largest absolute Gasteiger partial charge is 0.492 e. The molecule has 3 N–H and O–H groups in total. The number of ether oxygens (including phenoxy) is 1. The van der Waals surface area contributed by atoms with Crippen molar-refractivity contribution < 1.29 is 9.53 Å². The highest BCUT2D eigenvalue weighted by Gasteiger charge is 2.15. The Morgan fingerprint density at radius 3 is 2.67 bits per heavy atom. The quantitative estimate of drug-likeness (QED) is 0.490. The minimum absolute atomic E-state index is 0. The molecule has 8 heteroatoms. The van der Waals surface area contributed by atoms with Crippen molar-refractivity contribution in [3.8, 4) is 5.75 Å². The molecule has 0 aliphatic heterocycles. The topological polar surface area (TPSA) is 82.2 Å². The first kappa shape index (κ1) is 25.5.